The molecule has 0 rings (SSSR count). The molecule has 114 valence electrons. The zero-order valence-corrected chi connectivity index (χ0v) is 13.3. The van der Waals surface area contributed by atoms with Gasteiger partial charge in [0, 0.05) is 12.6 Å². The van der Waals surface area contributed by atoms with Gasteiger partial charge in [0.15, 0.2) is 0 Å². The highest BCUT2D eigenvalue weighted by molar-refractivity contribution is 4.80. The molecule has 2 nitrogen and oxygen atoms in total. The summed E-state index contributed by atoms with van der Waals surface area (Å²) in [6.45, 7) is 5.16. The molecule has 0 aliphatic carbocycles. The Balaban J connectivity index is 3.02. The fourth-order valence-electron chi connectivity index (χ4n) is 2.17. The zero-order chi connectivity index (χ0) is 14.2. The minimum Gasteiger partial charge on any atom is -0.390 e. The molecule has 0 bridgehead atoms. The molecule has 1 atom stereocenters. The normalized spacial score (nSPS) is 13.0. The molecule has 19 heavy (non-hydrogen) atoms. The van der Waals surface area contributed by atoms with Crippen LogP contribution in [0.2, 0.25) is 0 Å². The van der Waals surface area contributed by atoms with E-state index in [9.17, 15) is 0 Å². The molecular formula is C17H36N2. The second-order valence-corrected chi connectivity index (χ2v) is 5.76. The Labute approximate surface area is 121 Å². The number of rotatable bonds is 14. The second kappa shape index (κ2) is 15.6. The largest absolute Gasteiger partial charge is 0.390 e. The minimum atomic E-state index is 0.238. The first kappa shape index (κ1) is 18.5. The predicted molar refractivity (Wildman–Crippen MR) is 87.3 cm³/mol. The van der Waals surface area contributed by atoms with Crippen LogP contribution in [-0.4, -0.2) is 12.6 Å². The molecule has 0 aromatic heterocycles. The average Bonchev–Trinajstić information content (AvgIpc) is 2.39. The maximum atomic E-state index is 5.64. The van der Waals surface area contributed by atoms with Crippen molar-refractivity contribution in [1.82, 2.24) is 5.32 Å². The molecule has 0 aromatic rings. The summed E-state index contributed by atoms with van der Waals surface area (Å²) in [5, 5.41) is 3.21. The van der Waals surface area contributed by atoms with E-state index in [1.165, 1.54) is 70.6 Å². The van der Waals surface area contributed by atoms with Gasteiger partial charge in [-0.15, -0.1) is 0 Å². The number of unbranched alkanes of at least 4 members (excludes halogenated alkanes) is 10. The Kier molecular flexibility index (Phi) is 15.1. The first-order valence-electron chi connectivity index (χ1n) is 8.41. The van der Waals surface area contributed by atoms with Crippen LogP contribution >= 0.6 is 0 Å². The van der Waals surface area contributed by atoms with Crippen LogP contribution in [0.15, 0.2) is 12.3 Å². The Hall–Kier alpha value is -0.500. The zero-order valence-electron chi connectivity index (χ0n) is 13.3. The van der Waals surface area contributed by atoms with Crippen molar-refractivity contribution in [3.8, 4) is 0 Å². The standard InChI is InChI=1S/C17H36N2/c1-3-4-5-6-7-8-9-10-11-12-13-14-15-19-16-17(2)18/h14-15,17,19H,3-13,16,18H2,1-2H3. The minimum absolute atomic E-state index is 0.238. The molecule has 0 saturated heterocycles. The number of hydrogen-bond donors (Lipinski definition) is 2. The fourth-order valence-corrected chi connectivity index (χ4v) is 2.17. The molecule has 0 fully saturated rings. The van der Waals surface area contributed by atoms with E-state index in [-0.39, 0.29) is 6.04 Å². The van der Waals surface area contributed by atoms with E-state index in [4.69, 9.17) is 5.73 Å². The Morgan fingerprint density at radius 2 is 1.42 bits per heavy atom. The number of allylic oxidation sites excluding steroid dienone is 1. The van der Waals surface area contributed by atoms with Gasteiger partial charge in [-0.1, -0.05) is 70.8 Å². The lowest BCUT2D eigenvalue weighted by molar-refractivity contribution is 0.557. The van der Waals surface area contributed by atoms with Gasteiger partial charge in [0.05, 0.1) is 0 Å². The molecule has 0 aliphatic rings. The van der Waals surface area contributed by atoms with E-state index >= 15 is 0 Å². The third-order valence-electron chi connectivity index (χ3n) is 3.40. The van der Waals surface area contributed by atoms with Crippen LogP contribution in [-0.2, 0) is 0 Å². The SMILES string of the molecule is CCCCCCCCCCCCC=CNCC(C)N. The molecule has 0 radical (unpaired) electrons. The van der Waals surface area contributed by atoms with E-state index in [1.807, 2.05) is 6.92 Å². The summed E-state index contributed by atoms with van der Waals surface area (Å²) in [6.07, 6.45) is 19.6. The Morgan fingerprint density at radius 1 is 0.895 bits per heavy atom. The van der Waals surface area contributed by atoms with Crippen LogP contribution < -0.4 is 11.1 Å². The van der Waals surface area contributed by atoms with E-state index in [0.29, 0.717) is 0 Å². The van der Waals surface area contributed by atoms with E-state index in [0.717, 1.165) is 6.54 Å². The van der Waals surface area contributed by atoms with Crippen molar-refractivity contribution in [2.45, 2.75) is 90.5 Å². The van der Waals surface area contributed by atoms with Crippen LogP contribution in [0.5, 0.6) is 0 Å². The molecule has 0 amide bonds. The summed E-state index contributed by atoms with van der Waals surface area (Å²) in [5.74, 6) is 0. The molecule has 2 heteroatoms. The van der Waals surface area contributed by atoms with E-state index < -0.39 is 0 Å². The summed E-state index contributed by atoms with van der Waals surface area (Å²) in [4.78, 5) is 0. The van der Waals surface area contributed by atoms with Crippen molar-refractivity contribution in [2.24, 2.45) is 5.73 Å². The van der Waals surface area contributed by atoms with Crippen LogP contribution in [0.3, 0.4) is 0 Å². The second-order valence-electron chi connectivity index (χ2n) is 5.76. The van der Waals surface area contributed by atoms with Gasteiger partial charge in [-0.3, -0.25) is 0 Å². The van der Waals surface area contributed by atoms with Gasteiger partial charge < -0.3 is 11.1 Å². The smallest absolute Gasteiger partial charge is 0.0290 e. The van der Waals surface area contributed by atoms with Crippen molar-refractivity contribution in [3.05, 3.63) is 12.3 Å². The third-order valence-corrected chi connectivity index (χ3v) is 3.40. The number of hydrogen-bond acceptors (Lipinski definition) is 2. The van der Waals surface area contributed by atoms with Gasteiger partial charge >= 0.3 is 0 Å². The van der Waals surface area contributed by atoms with Crippen LogP contribution in [0, 0.1) is 0 Å². The fraction of sp³-hybridized carbons (Fsp3) is 0.882. The quantitative estimate of drug-likeness (QED) is 0.446. The highest BCUT2D eigenvalue weighted by Crippen LogP contribution is 2.11. The van der Waals surface area contributed by atoms with Gasteiger partial charge in [-0.2, -0.15) is 0 Å². The highest BCUT2D eigenvalue weighted by atomic mass is 14.9. The average molecular weight is 268 g/mol. The van der Waals surface area contributed by atoms with Crippen molar-refractivity contribution in [1.29, 1.82) is 0 Å². The first-order chi connectivity index (χ1) is 9.27. The number of nitrogens with two attached hydrogens (primary N) is 1. The molecule has 1 unspecified atom stereocenters. The lowest BCUT2D eigenvalue weighted by Gasteiger charge is -2.03. The Morgan fingerprint density at radius 3 is 1.95 bits per heavy atom. The van der Waals surface area contributed by atoms with Crippen molar-refractivity contribution < 1.29 is 0 Å². The van der Waals surface area contributed by atoms with Crippen LogP contribution in [0.1, 0.15) is 84.5 Å². The highest BCUT2D eigenvalue weighted by Gasteiger charge is 1.92. The lowest BCUT2D eigenvalue weighted by atomic mass is 10.1. The molecule has 0 aliphatic heterocycles. The molecule has 0 saturated carbocycles. The lowest BCUT2D eigenvalue weighted by Crippen LogP contribution is -2.27. The van der Waals surface area contributed by atoms with Crippen LogP contribution in [0.4, 0.5) is 0 Å². The van der Waals surface area contributed by atoms with Crippen molar-refractivity contribution in [3.63, 3.8) is 0 Å². The van der Waals surface area contributed by atoms with Gasteiger partial charge in [0.1, 0.15) is 0 Å². The summed E-state index contributed by atoms with van der Waals surface area (Å²) < 4.78 is 0. The summed E-state index contributed by atoms with van der Waals surface area (Å²) in [6, 6.07) is 0.238. The van der Waals surface area contributed by atoms with Gasteiger partial charge in [0.25, 0.3) is 0 Å². The molecule has 0 aromatic carbocycles. The van der Waals surface area contributed by atoms with E-state index in [2.05, 4.69) is 24.5 Å². The predicted octanol–water partition coefficient (Wildman–Crippen LogP) is 4.75. The van der Waals surface area contributed by atoms with Gasteiger partial charge in [0.2, 0.25) is 0 Å². The number of nitrogens with one attached hydrogen (secondary N) is 1. The maximum absolute atomic E-state index is 5.64. The maximum Gasteiger partial charge on any atom is 0.0290 e. The van der Waals surface area contributed by atoms with Crippen molar-refractivity contribution >= 4 is 0 Å². The summed E-state index contributed by atoms with van der Waals surface area (Å²) >= 11 is 0. The van der Waals surface area contributed by atoms with Gasteiger partial charge in [-0.25, -0.2) is 0 Å². The molecule has 3 N–H and O–H groups in total. The monoisotopic (exact) mass is 268 g/mol. The third kappa shape index (κ3) is 17.5. The van der Waals surface area contributed by atoms with Gasteiger partial charge in [-0.05, 0) is 26.0 Å². The molecule has 0 heterocycles. The molecule has 0 spiro atoms. The van der Waals surface area contributed by atoms with Crippen LogP contribution in [0.25, 0.3) is 0 Å². The molecular weight excluding hydrogens is 232 g/mol. The summed E-state index contributed by atoms with van der Waals surface area (Å²) in [5.41, 5.74) is 5.64. The topological polar surface area (TPSA) is 38.0 Å². The summed E-state index contributed by atoms with van der Waals surface area (Å²) in [7, 11) is 0. The van der Waals surface area contributed by atoms with Crippen molar-refractivity contribution in [2.75, 3.05) is 6.54 Å². The van der Waals surface area contributed by atoms with E-state index in [1.54, 1.807) is 0 Å². The Bertz CT molecular complexity index is 188. The first-order valence-corrected chi connectivity index (χ1v) is 8.41.